The molecule has 0 amide bonds. The zero-order valence-electron chi connectivity index (χ0n) is 26.9. The Bertz CT molecular complexity index is 444. The topological polar surface area (TPSA) is 58.9 Å². The third-order valence-electron chi connectivity index (χ3n) is 8.02. The molecule has 39 heavy (non-hydrogen) atoms. The van der Waals surface area contributed by atoms with Crippen molar-refractivity contribution in [1.82, 2.24) is 0 Å². The van der Waals surface area contributed by atoms with E-state index in [0.29, 0.717) is 19.4 Å². The van der Waals surface area contributed by atoms with Crippen molar-refractivity contribution < 1.29 is 19.7 Å². The van der Waals surface area contributed by atoms with Crippen LogP contribution in [0.2, 0.25) is 0 Å². The summed E-state index contributed by atoms with van der Waals surface area (Å²) in [5.41, 5.74) is 0. The minimum atomic E-state index is -0.727. The molecule has 0 aromatic rings. The molecular weight excluding hydrogens is 484 g/mol. The van der Waals surface area contributed by atoms with Gasteiger partial charge in [0.25, 0.3) is 0 Å². The highest BCUT2D eigenvalue weighted by molar-refractivity contribution is 4.55. The summed E-state index contributed by atoms with van der Waals surface area (Å²) in [4.78, 5) is 0. The fourth-order valence-corrected chi connectivity index (χ4v) is 5.38. The second kappa shape index (κ2) is 32.4. The molecule has 4 heteroatoms. The lowest BCUT2D eigenvalue weighted by Gasteiger charge is -2.20. The van der Waals surface area contributed by atoms with E-state index in [4.69, 9.17) is 9.47 Å². The molecule has 236 valence electrons. The summed E-state index contributed by atoms with van der Waals surface area (Å²) in [5.74, 6) is 0. The van der Waals surface area contributed by atoms with E-state index in [0.717, 1.165) is 12.8 Å². The van der Waals surface area contributed by atoms with Crippen molar-refractivity contribution in [2.45, 2.75) is 219 Å². The average molecular weight is 557 g/mol. The van der Waals surface area contributed by atoms with Gasteiger partial charge in [-0.3, -0.25) is 0 Å². The zero-order valence-corrected chi connectivity index (χ0v) is 26.9. The number of unbranched alkanes of at least 4 members (excludes halogenated alkanes) is 24. The molecule has 0 saturated carbocycles. The van der Waals surface area contributed by atoms with Crippen LogP contribution in [0.3, 0.4) is 0 Å². The number of hydrogen-bond acceptors (Lipinski definition) is 4. The van der Waals surface area contributed by atoms with Crippen LogP contribution in [0.4, 0.5) is 0 Å². The molecule has 0 rings (SSSR count). The van der Waals surface area contributed by atoms with Crippen molar-refractivity contribution in [3.63, 3.8) is 0 Å². The Hall–Kier alpha value is -0.160. The van der Waals surface area contributed by atoms with Crippen LogP contribution in [0.5, 0.6) is 0 Å². The van der Waals surface area contributed by atoms with Crippen LogP contribution in [-0.2, 0) is 9.47 Å². The Balaban J connectivity index is 3.39. The summed E-state index contributed by atoms with van der Waals surface area (Å²) in [5, 5.41) is 20.3. The molecule has 2 N–H and O–H groups in total. The fourth-order valence-electron chi connectivity index (χ4n) is 5.38. The quantitative estimate of drug-likeness (QED) is 0.0623. The molecule has 0 radical (unpaired) electrons. The first kappa shape index (κ1) is 38.8. The summed E-state index contributed by atoms with van der Waals surface area (Å²) < 4.78 is 11.2. The van der Waals surface area contributed by atoms with Gasteiger partial charge in [-0.05, 0) is 32.6 Å². The van der Waals surface area contributed by atoms with Crippen LogP contribution in [-0.4, -0.2) is 35.5 Å². The van der Waals surface area contributed by atoms with E-state index in [1.54, 1.807) is 0 Å². The van der Waals surface area contributed by atoms with Crippen molar-refractivity contribution >= 4 is 0 Å². The van der Waals surface area contributed by atoms with Crippen molar-refractivity contribution in [1.29, 1.82) is 0 Å². The second-order valence-corrected chi connectivity index (χ2v) is 12.3. The molecule has 0 aromatic heterocycles. The second-order valence-electron chi connectivity index (χ2n) is 12.3. The molecule has 0 spiro atoms. The van der Waals surface area contributed by atoms with Gasteiger partial charge in [0.15, 0.2) is 12.6 Å². The maximum atomic E-state index is 10.2. The van der Waals surface area contributed by atoms with Crippen LogP contribution >= 0.6 is 0 Å². The Kier molecular flexibility index (Phi) is 32.2. The molecule has 3 atom stereocenters. The van der Waals surface area contributed by atoms with Crippen LogP contribution in [0.25, 0.3) is 0 Å². The lowest BCUT2D eigenvalue weighted by Crippen LogP contribution is -2.26. The Morgan fingerprint density at radius 2 is 0.692 bits per heavy atom. The normalized spacial score (nSPS) is 14.1. The molecule has 0 bridgehead atoms. The predicted octanol–water partition coefficient (Wildman–Crippen LogP) is 11.0. The molecule has 0 heterocycles. The van der Waals surface area contributed by atoms with Crippen LogP contribution in [0, 0.1) is 0 Å². The number of rotatable bonds is 33. The highest BCUT2D eigenvalue weighted by atomic mass is 16.6. The van der Waals surface area contributed by atoms with Gasteiger partial charge in [-0.1, -0.05) is 168 Å². The molecule has 0 fully saturated rings. The molecule has 0 aliphatic carbocycles. The summed E-state index contributed by atoms with van der Waals surface area (Å²) in [7, 11) is 0. The summed E-state index contributed by atoms with van der Waals surface area (Å²) >= 11 is 0. The van der Waals surface area contributed by atoms with E-state index in [1.807, 2.05) is 6.92 Å². The first-order chi connectivity index (χ1) is 19.1. The summed E-state index contributed by atoms with van der Waals surface area (Å²) in [6.07, 6.45) is 34.2. The Morgan fingerprint density at radius 3 is 1.03 bits per heavy atom. The number of aliphatic hydroxyl groups is 2. The number of hydrogen-bond donors (Lipinski definition) is 2. The molecule has 4 nitrogen and oxygen atoms in total. The van der Waals surface area contributed by atoms with Crippen LogP contribution in [0.15, 0.2) is 0 Å². The number of ether oxygens (including phenoxy) is 2. The fraction of sp³-hybridized carbons (Fsp3) is 1.00. The molecule has 3 unspecified atom stereocenters. The van der Waals surface area contributed by atoms with E-state index in [9.17, 15) is 10.2 Å². The number of aliphatic hydroxyl groups excluding tert-OH is 2. The van der Waals surface area contributed by atoms with E-state index < -0.39 is 12.6 Å². The standard InChI is InChI=1S/C35H72O4/c1-4-6-8-10-12-14-16-18-20-22-24-26-28-30-34(36)38-32-33(3)39-35(37)31-29-27-25-23-21-19-17-15-13-11-9-7-5-2/h33-37H,4-32H2,1-3H3. The molecule has 0 aliphatic heterocycles. The molecular formula is C35H72O4. The van der Waals surface area contributed by atoms with Gasteiger partial charge < -0.3 is 19.7 Å². The zero-order chi connectivity index (χ0) is 28.7. The third kappa shape index (κ3) is 32.2. The lowest BCUT2D eigenvalue weighted by molar-refractivity contribution is -0.179. The first-order valence-corrected chi connectivity index (χ1v) is 17.7. The minimum Gasteiger partial charge on any atom is -0.368 e. The van der Waals surface area contributed by atoms with Crippen molar-refractivity contribution in [2.75, 3.05) is 6.61 Å². The van der Waals surface area contributed by atoms with Gasteiger partial charge in [0.1, 0.15) is 0 Å². The Labute approximate surface area is 245 Å². The highest BCUT2D eigenvalue weighted by Crippen LogP contribution is 2.16. The summed E-state index contributed by atoms with van der Waals surface area (Å²) in [6.45, 7) is 6.79. The van der Waals surface area contributed by atoms with Crippen LogP contribution in [0.1, 0.15) is 201 Å². The van der Waals surface area contributed by atoms with Gasteiger partial charge in [-0.25, -0.2) is 0 Å². The van der Waals surface area contributed by atoms with Gasteiger partial charge in [0.2, 0.25) is 0 Å². The highest BCUT2D eigenvalue weighted by Gasteiger charge is 2.12. The van der Waals surface area contributed by atoms with Gasteiger partial charge in [-0.15, -0.1) is 0 Å². The van der Waals surface area contributed by atoms with Crippen molar-refractivity contribution in [2.24, 2.45) is 0 Å². The van der Waals surface area contributed by atoms with Crippen molar-refractivity contribution in [3.8, 4) is 0 Å². The predicted molar refractivity (Wildman–Crippen MR) is 169 cm³/mol. The monoisotopic (exact) mass is 557 g/mol. The van der Waals surface area contributed by atoms with E-state index in [2.05, 4.69) is 13.8 Å². The largest absolute Gasteiger partial charge is 0.368 e. The summed E-state index contributed by atoms with van der Waals surface area (Å²) in [6, 6.07) is 0. The SMILES string of the molecule is CCCCCCCCCCCCCCCC(O)OCC(C)OC(O)CCCCCCCCCCCCCCC. The van der Waals surface area contributed by atoms with Crippen LogP contribution < -0.4 is 0 Å². The van der Waals surface area contributed by atoms with E-state index in [1.165, 1.54) is 154 Å². The molecule has 0 saturated heterocycles. The maximum Gasteiger partial charge on any atom is 0.155 e. The van der Waals surface area contributed by atoms with Gasteiger partial charge in [0, 0.05) is 0 Å². The molecule has 0 aromatic carbocycles. The molecule has 0 aliphatic rings. The smallest absolute Gasteiger partial charge is 0.155 e. The lowest BCUT2D eigenvalue weighted by atomic mass is 10.0. The average Bonchev–Trinajstić information content (AvgIpc) is 2.92. The maximum absolute atomic E-state index is 10.2. The van der Waals surface area contributed by atoms with Gasteiger partial charge >= 0.3 is 0 Å². The van der Waals surface area contributed by atoms with Gasteiger partial charge in [-0.2, -0.15) is 0 Å². The third-order valence-corrected chi connectivity index (χ3v) is 8.02. The first-order valence-electron chi connectivity index (χ1n) is 17.7. The van der Waals surface area contributed by atoms with Gasteiger partial charge in [0.05, 0.1) is 12.7 Å². The van der Waals surface area contributed by atoms with Crippen molar-refractivity contribution in [3.05, 3.63) is 0 Å². The van der Waals surface area contributed by atoms with E-state index in [-0.39, 0.29) is 6.10 Å². The van der Waals surface area contributed by atoms with E-state index >= 15 is 0 Å². The Morgan fingerprint density at radius 1 is 0.410 bits per heavy atom. The minimum absolute atomic E-state index is 0.205.